The smallest absolute Gasteiger partial charge is 0.168 e. The van der Waals surface area contributed by atoms with E-state index in [1.807, 2.05) is 0 Å². The van der Waals surface area contributed by atoms with Crippen LogP contribution in [0.2, 0.25) is 5.02 Å². The standard InChI is InChI=1S/C14H17ClFNO2/c15-11-2-1-3-12(16)13(11)17-10-4-6-14(7-5-10)18-8-9-19-14/h1-3,10,17H,4-9H2. The molecule has 2 aliphatic rings. The second-order valence-electron chi connectivity index (χ2n) is 5.12. The molecule has 1 aliphatic carbocycles. The van der Waals surface area contributed by atoms with Crippen molar-refractivity contribution in [3.8, 4) is 0 Å². The first kappa shape index (κ1) is 13.2. The summed E-state index contributed by atoms with van der Waals surface area (Å²) in [6.07, 6.45) is 3.48. The first-order valence-corrected chi connectivity index (χ1v) is 7.05. The molecule has 0 radical (unpaired) electrons. The lowest BCUT2D eigenvalue weighted by atomic mass is 9.90. The van der Waals surface area contributed by atoms with E-state index in [9.17, 15) is 4.39 Å². The molecule has 3 rings (SSSR count). The zero-order valence-electron chi connectivity index (χ0n) is 10.6. The van der Waals surface area contributed by atoms with Gasteiger partial charge in [-0.3, -0.25) is 0 Å². The van der Waals surface area contributed by atoms with Gasteiger partial charge in [0.05, 0.1) is 23.9 Å². The fraction of sp³-hybridized carbons (Fsp3) is 0.571. The zero-order chi connectivity index (χ0) is 13.3. The normalized spacial score (nSPS) is 22.8. The molecule has 1 N–H and O–H groups in total. The summed E-state index contributed by atoms with van der Waals surface area (Å²) in [4.78, 5) is 0. The van der Waals surface area contributed by atoms with Gasteiger partial charge in [-0.2, -0.15) is 0 Å². The number of para-hydroxylation sites is 1. The van der Waals surface area contributed by atoms with Crippen molar-refractivity contribution in [1.82, 2.24) is 0 Å². The number of hydrogen-bond donors (Lipinski definition) is 1. The number of anilines is 1. The third-order valence-corrected chi connectivity index (χ3v) is 4.19. The molecule has 1 aromatic carbocycles. The van der Waals surface area contributed by atoms with Crippen molar-refractivity contribution in [2.24, 2.45) is 0 Å². The van der Waals surface area contributed by atoms with Crippen LogP contribution in [0.1, 0.15) is 25.7 Å². The average Bonchev–Trinajstić information content (AvgIpc) is 2.85. The lowest BCUT2D eigenvalue weighted by Crippen LogP contribution is -2.39. The van der Waals surface area contributed by atoms with E-state index < -0.39 is 0 Å². The maximum atomic E-state index is 13.7. The van der Waals surface area contributed by atoms with E-state index in [0.717, 1.165) is 25.7 Å². The Hall–Kier alpha value is -0.840. The van der Waals surface area contributed by atoms with E-state index in [0.29, 0.717) is 23.9 Å². The maximum Gasteiger partial charge on any atom is 0.168 e. The molecule has 1 spiro atoms. The highest BCUT2D eigenvalue weighted by atomic mass is 35.5. The van der Waals surface area contributed by atoms with Crippen LogP contribution in [0.5, 0.6) is 0 Å². The number of rotatable bonds is 2. The summed E-state index contributed by atoms with van der Waals surface area (Å²) < 4.78 is 25.1. The monoisotopic (exact) mass is 285 g/mol. The SMILES string of the molecule is Fc1cccc(Cl)c1NC1CCC2(CC1)OCCO2. The van der Waals surface area contributed by atoms with E-state index in [2.05, 4.69) is 5.32 Å². The van der Waals surface area contributed by atoms with E-state index in [1.54, 1.807) is 12.1 Å². The largest absolute Gasteiger partial charge is 0.379 e. The summed E-state index contributed by atoms with van der Waals surface area (Å²) in [5.74, 6) is -0.682. The second kappa shape index (κ2) is 5.27. The molecule has 104 valence electrons. The molecule has 1 heterocycles. The molecular formula is C14H17ClFNO2. The fourth-order valence-corrected chi connectivity index (χ4v) is 3.05. The van der Waals surface area contributed by atoms with Crippen molar-refractivity contribution < 1.29 is 13.9 Å². The molecule has 0 bridgehead atoms. The summed E-state index contributed by atoms with van der Waals surface area (Å²) in [6.45, 7) is 1.36. The molecular weight excluding hydrogens is 269 g/mol. The van der Waals surface area contributed by atoms with Gasteiger partial charge in [0.1, 0.15) is 5.82 Å². The zero-order valence-corrected chi connectivity index (χ0v) is 11.4. The maximum absolute atomic E-state index is 13.7. The topological polar surface area (TPSA) is 30.5 Å². The van der Waals surface area contributed by atoms with Crippen molar-refractivity contribution in [1.29, 1.82) is 0 Å². The summed E-state index contributed by atoms with van der Waals surface area (Å²) >= 11 is 6.02. The molecule has 1 saturated heterocycles. The van der Waals surface area contributed by atoms with Crippen LogP contribution in [-0.2, 0) is 9.47 Å². The molecule has 0 aromatic heterocycles. The minimum Gasteiger partial charge on any atom is -0.379 e. The van der Waals surface area contributed by atoms with Crippen molar-refractivity contribution in [3.05, 3.63) is 29.0 Å². The van der Waals surface area contributed by atoms with Gasteiger partial charge < -0.3 is 14.8 Å². The number of ether oxygens (including phenoxy) is 2. The van der Waals surface area contributed by atoms with Gasteiger partial charge in [-0.25, -0.2) is 4.39 Å². The molecule has 1 aliphatic heterocycles. The van der Waals surface area contributed by atoms with Crippen LogP contribution < -0.4 is 5.32 Å². The van der Waals surface area contributed by atoms with Crippen molar-refractivity contribution in [2.75, 3.05) is 18.5 Å². The molecule has 1 saturated carbocycles. The second-order valence-corrected chi connectivity index (χ2v) is 5.53. The highest BCUT2D eigenvalue weighted by Gasteiger charge is 2.40. The molecule has 3 nitrogen and oxygen atoms in total. The van der Waals surface area contributed by atoms with E-state index >= 15 is 0 Å². The fourth-order valence-electron chi connectivity index (χ4n) is 2.83. The molecule has 0 amide bonds. The summed E-state index contributed by atoms with van der Waals surface area (Å²) in [5.41, 5.74) is 0.401. The van der Waals surface area contributed by atoms with Crippen LogP contribution in [0.4, 0.5) is 10.1 Å². The van der Waals surface area contributed by atoms with E-state index in [-0.39, 0.29) is 17.6 Å². The highest BCUT2D eigenvalue weighted by molar-refractivity contribution is 6.33. The highest BCUT2D eigenvalue weighted by Crippen LogP contribution is 2.37. The third-order valence-electron chi connectivity index (χ3n) is 3.87. The van der Waals surface area contributed by atoms with Crippen molar-refractivity contribution >= 4 is 17.3 Å². The Bertz CT molecular complexity index is 433. The number of halogens is 2. The van der Waals surface area contributed by atoms with Crippen LogP contribution in [0.25, 0.3) is 0 Å². The van der Waals surface area contributed by atoms with Gasteiger partial charge >= 0.3 is 0 Å². The predicted molar refractivity (Wildman–Crippen MR) is 71.9 cm³/mol. The Morgan fingerprint density at radius 1 is 1.21 bits per heavy atom. The van der Waals surface area contributed by atoms with Crippen molar-refractivity contribution in [3.63, 3.8) is 0 Å². The van der Waals surface area contributed by atoms with E-state index in [4.69, 9.17) is 21.1 Å². The molecule has 1 aromatic rings. The van der Waals surface area contributed by atoms with Crippen LogP contribution in [0.3, 0.4) is 0 Å². The van der Waals surface area contributed by atoms with Gasteiger partial charge in [0.25, 0.3) is 0 Å². The first-order chi connectivity index (χ1) is 9.19. The van der Waals surface area contributed by atoms with Gasteiger partial charge in [0.2, 0.25) is 0 Å². The Morgan fingerprint density at radius 2 is 1.89 bits per heavy atom. The molecule has 19 heavy (non-hydrogen) atoms. The molecule has 0 unspecified atom stereocenters. The van der Waals surface area contributed by atoms with Gasteiger partial charge in [-0.05, 0) is 25.0 Å². The summed E-state index contributed by atoms with van der Waals surface area (Å²) in [5, 5.41) is 3.63. The van der Waals surface area contributed by atoms with Gasteiger partial charge in [0, 0.05) is 18.9 Å². The molecule has 0 atom stereocenters. The number of benzene rings is 1. The predicted octanol–water partition coefficient (Wildman–Crippen LogP) is 3.58. The first-order valence-electron chi connectivity index (χ1n) is 6.67. The van der Waals surface area contributed by atoms with Gasteiger partial charge in [-0.1, -0.05) is 17.7 Å². The van der Waals surface area contributed by atoms with Crippen LogP contribution in [-0.4, -0.2) is 25.0 Å². The Balaban J connectivity index is 1.63. The van der Waals surface area contributed by atoms with Crippen molar-refractivity contribution in [2.45, 2.75) is 37.5 Å². The summed E-state index contributed by atoms with van der Waals surface area (Å²) in [7, 11) is 0. The third kappa shape index (κ3) is 2.71. The molecule has 2 fully saturated rings. The van der Waals surface area contributed by atoms with E-state index in [1.165, 1.54) is 6.07 Å². The van der Waals surface area contributed by atoms with Crippen LogP contribution >= 0.6 is 11.6 Å². The Labute approximate surface area is 117 Å². The van der Waals surface area contributed by atoms with Gasteiger partial charge in [0.15, 0.2) is 5.79 Å². The summed E-state index contributed by atoms with van der Waals surface area (Å²) in [6, 6.07) is 4.94. The Morgan fingerprint density at radius 3 is 2.53 bits per heavy atom. The lowest BCUT2D eigenvalue weighted by Gasteiger charge is -2.36. The quantitative estimate of drug-likeness (QED) is 0.901. The van der Waals surface area contributed by atoms with Gasteiger partial charge in [-0.15, -0.1) is 0 Å². The number of nitrogens with one attached hydrogen (secondary N) is 1. The molecule has 5 heteroatoms. The van der Waals surface area contributed by atoms with Crippen LogP contribution in [0, 0.1) is 5.82 Å². The van der Waals surface area contributed by atoms with Crippen LogP contribution in [0.15, 0.2) is 18.2 Å². The minimum atomic E-state index is -0.378. The number of hydrogen-bond acceptors (Lipinski definition) is 3. The minimum absolute atomic E-state index is 0.216. The average molecular weight is 286 g/mol. The lowest BCUT2D eigenvalue weighted by molar-refractivity contribution is -0.177. The Kier molecular flexibility index (Phi) is 3.65.